The van der Waals surface area contributed by atoms with Crippen LogP contribution in [0.15, 0.2) is 80.3 Å². The number of nitrogens with one attached hydrogen (secondary N) is 2. The number of aryl methyl sites for hydroxylation is 1. The first-order valence-electron chi connectivity index (χ1n) is 50.3. The molecule has 9 heterocycles. The normalized spacial score (nSPS) is 19.3. The molecule has 3 saturated heterocycles. The predicted octanol–water partition coefficient (Wildman–Crippen LogP) is 24.6. The van der Waals surface area contributed by atoms with E-state index >= 15 is 0 Å². The standard InChI is InChI=1S/C40H57F3N6O8Si2.C35H56N6O7Si2.C27H49N5O5Si2/c1-37(2,3)56-36(51)47(23-27-17-16-26(21-29(27)49(52)53)15-14-19-45-35(50)40(41,42)43)28-18-20-44-34-33(28)46-25-48(34)32-22-30(57-59(12,13)39(7,8)9)31(55-32)24-54-58(10,11)38(4,5)6;1-23-15-16-24(25(17-23)41(43)44)19-39(32(42)47-33(2,3)4)30-29-31(37-21-36-30)40(22-38-29)28-18-26(48-50(13,14)35(8,9)10)27(46-28)20-45-49(11,12)34(5,6)7;1-25(2,3)36-24(33)31-22-21-23(29-16-28-22)32(17-30-21)20-14-18(37-39(12,13)27(7,8)9)19(35-20)15-34-38(10,11)26(4,5)6/h16-18,20-21,25,30-32H,19,22-24H2,1-13H3,(H,45,50);15-17,21-22,26-28H,18-20H2,1-14H3;16-20H,14-15H2,1-13H3,(H,28,29,31,33)/t30?,31-,32-;26?,27-,28-;18?,19-,20-/m111/s1. The number of aromatic nitrogens is 11. The van der Waals surface area contributed by atoms with Crippen LogP contribution in [-0.2, 0) is 72.9 Å². The maximum atomic E-state index is 13.9. The molecule has 4 amide bonds. The lowest BCUT2D eigenvalue weighted by molar-refractivity contribution is -0.385. The summed E-state index contributed by atoms with van der Waals surface area (Å²) in [6, 6.07) is 10.4. The first-order valence-corrected chi connectivity index (χ1v) is 67.7. The third-order valence-electron chi connectivity index (χ3n) is 29.2. The molecule has 0 aliphatic carbocycles. The minimum absolute atomic E-state index is 0.00258. The quantitative estimate of drug-likeness (QED) is 0.0151. The molecule has 2 aromatic carbocycles. The number of rotatable bonds is 28. The lowest BCUT2D eigenvalue weighted by Gasteiger charge is -2.40. The van der Waals surface area contributed by atoms with E-state index in [2.05, 4.69) is 260 Å². The lowest BCUT2D eigenvalue weighted by Crippen LogP contribution is -2.48. The average Bonchev–Trinajstić information content (AvgIpc) is 1.61. The molecule has 6 aromatic heterocycles. The number of imidazole rings is 3. The van der Waals surface area contributed by atoms with Gasteiger partial charge in [-0.2, -0.15) is 13.2 Å². The molecule has 9 atom stereocenters. The molecule has 3 aliphatic heterocycles. The van der Waals surface area contributed by atoms with Gasteiger partial charge >= 0.3 is 30.4 Å². The van der Waals surface area contributed by atoms with Crippen LogP contribution in [-0.4, -0.2) is 223 Å². The number of carbonyl (C=O) groups is 4. The fourth-order valence-corrected chi connectivity index (χ4v) is 21.6. The molecule has 820 valence electrons. The van der Waals surface area contributed by atoms with E-state index in [0.29, 0.717) is 78.1 Å². The Kier molecular flexibility index (Phi) is 37.5. The summed E-state index contributed by atoms with van der Waals surface area (Å²) in [6.07, 6.45) is 0.754. The van der Waals surface area contributed by atoms with E-state index in [4.69, 9.17) is 55.0 Å². The van der Waals surface area contributed by atoms with Crippen molar-refractivity contribution >= 4 is 136 Å². The van der Waals surface area contributed by atoms with Gasteiger partial charge in [-0.1, -0.05) is 149 Å². The Morgan fingerprint density at radius 2 is 0.811 bits per heavy atom. The summed E-state index contributed by atoms with van der Waals surface area (Å²) in [4.78, 5) is 113. The largest absolute Gasteiger partial charge is 0.471 e. The number of amides is 4. The Labute approximate surface area is 876 Å². The minimum Gasteiger partial charge on any atom is -0.444 e. The fourth-order valence-electron chi connectivity index (χ4n) is 14.5. The van der Waals surface area contributed by atoms with E-state index in [0.717, 1.165) is 11.6 Å². The topological polar surface area (TPSA) is 414 Å². The van der Waals surface area contributed by atoms with Crippen LogP contribution in [0.1, 0.15) is 247 Å². The molecule has 0 bridgehead atoms. The Bertz CT molecular complexity index is 6100. The number of pyridine rings is 1. The average molecular weight is 2170 g/mol. The molecule has 46 heteroatoms. The first kappa shape index (κ1) is 122. The van der Waals surface area contributed by atoms with Gasteiger partial charge in [-0.25, -0.2) is 54.3 Å². The van der Waals surface area contributed by atoms with Gasteiger partial charge in [-0.05, 0) is 202 Å². The van der Waals surface area contributed by atoms with Crippen molar-refractivity contribution in [3.63, 3.8) is 0 Å². The van der Waals surface area contributed by atoms with Gasteiger partial charge in [0.25, 0.3) is 11.4 Å². The van der Waals surface area contributed by atoms with Gasteiger partial charge in [0.2, 0.25) is 0 Å². The number of nitro benzene ring substituents is 2. The molecule has 8 aromatic rings. The molecule has 3 unspecified atom stereocenters. The van der Waals surface area contributed by atoms with Crippen LogP contribution in [0.4, 0.5) is 56.3 Å². The van der Waals surface area contributed by atoms with Gasteiger partial charge in [-0.15, -0.1) is 0 Å². The van der Waals surface area contributed by atoms with Crippen molar-refractivity contribution in [2.75, 3.05) is 41.5 Å². The predicted molar refractivity (Wildman–Crippen MR) is 581 cm³/mol. The van der Waals surface area contributed by atoms with Crippen molar-refractivity contribution in [2.24, 2.45) is 0 Å². The van der Waals surface area contributed by atoms with Gasteiger partial charge in [0.1, 0.15) is 72.0 Å². The van der Waals surface area contributed by atoms with Crippen LogP contribution in [0.3, 0.4) is 0 Å². The number of fused-ring (bicyclic) bond motifs is 3. The third-order valence-corrected chi connectivity index (χ3v) is 56.2. The van der Waals surface area contributed by atoms with Crippen LogP contribution in [0.25, 0.3) is 33.5 Å². The van der Waals surface area contributed by atoms with Gasteiger partial charge in [0.15, 0.2) is 89.5 Å². The molecule has 0 spiro atoms. The maximum absolute atomic E-state index is 13.9. The molecule has 0 saturated carbocycles. The molecular formula is C102H162F3N17O20Si6. The molecule has 37 nitrogen and oxygen atoms in total. The number of nitro groups is 2. The van der Waals surface area contributed by atoms with Crippen molar-refractivity contribution < 1.29 is 97.2 Å². The van der Waals surface area contributed by atoms with Crippen molar-refractivity contribution in [1.29, 1.82) is 0 Å². The van der Waals surface area contributed by atoms with E-state index in [9.17, 15) is 52.6 Å². The van der Waals surface area contributed by atoms with Gasteiger partial charge in [-0.3, -0.25) is 53.8 Å². The zero-order valence-corrected chi connectivity index (χ0v) is 101. The van der Waals surface area contributed by atoms with Gasteiger partial charge in [0.05, 0.1) is 92.3 Å². The zero-order valence-electron chi connectivity index (χ0n) is 94.6. The summed E-state index contributed by atoms with van der Waals surface area (Å²) in [5.41, 5.74) is 1.16. The zero-order chi connectivity index (χ0) is 112. The van der Waals surface area contributed by atoms with Crippen LogP contribution < -0.4 is 20.4 Å². The molecule has 0 radical (unpaired) electrons. The van der Waals surface area contributed by atoms with Crippen molar-refractivity contribution in [2.45, 2.75) is 413 Å². The second kappa shape index (κ2) is 45.4. The smallest absolute Gasteiger partial charge is 0.444 e. The van der Waals surface area contributed by atoms with Gasteiger partial charge < -0.3 is 60.3 Å². The highest BCUT2D eigenvalue weighted by atomic mass is 28.4. The molecule has 148 heavy (non-hydrogen) atoms. The molecule has 2 N–H and O–H groups in total. The lowest BCUT2D eigenvalue weighted by atomic mass is 10.1. The minimum atomic E-state index is -5.07. The van der Waals surface area contributed by atoms with Crippen LogP contribution in [0.5, 0.6) is 0 Å². The first-order chi connectivity index (χ1) is 67.3. The number of halogens is 3. The number of nitrogens with zero attached hydrogens (tertiary/aromatic N) is 15. The van der Waals surface area contributed by atoms with Crippen LogP contribution >= 0.6 is 0 Å². The summed E-state index contributed by atoms with van der Waals surface area (Å²) < 4.78 is 121. The van der Waals surface area contributed by atoms with Crippen molar-refractivity contribution in [3.8, 4) is 11.8 Å². The van der Waals surface area contributed by atoms with E-state index in [1.54, 1.807) is 95.5 Å². The second-order valence-electron chi connectivity index (χ2n) is 50.5. The molecular weight excluding hydrogens is 2010 g/mol. The number of alkyl halides is 3. The number of hydrogen-bond acceptors (Lipinski definition) is 28. The Morgan fingerprint density at radius 3 is 1.20 bits per heavy atom. The van der Waals surface area contributed by atoms with Crippen molar-refractivity contribution in [1.82, 2.24) is 58.9 Å². The Balaban J connectivity index is 0.000000252. The third kappa shape index (κ3) is 31.0. The summed E-state index contributed by atoms with van der Waals surface area (Å²) >= 11 is 0. The SMILES string of the molecule is CC(C)(C)OC(=O)N(Cc1ccc(C#CCNC(=O)C(F)(F)F)cc1[N+](=O)[O-])c1ccnc2c1ncn2[C@H]1CC(O[Si](C)(C)C(C)(C)C)[C@@H](CO[Si](C)(C)C(C)(C)C)O1.CC(C)(C)OC(=O)Nc1ncnc2c1ncn2[C@H]1CC(O[Si](C)(C)C(C)(C)C)[C@@H](CO[Si](C)(C)C(C)(C)C)O1.Cc1ccc(CN(C(=O)OC(C)(C)C)c2ncnc3c2ncn3[C@H]2CC(O[Si](C)(C)C(C)(C)C)[C@@H](CO[Si](C)(C)C(C)(C)C)O2)c([N+](=O)[O-])c1. The van der Waals surface area contributed by atoms with Gasteiger partial charge in [0, 0.05) is 54.3 Å². The number of anilines is 3. The van der Waals surface area contributed by atoms with E-state index in [1.165, 1.54) is 46.9 Å². The molecule has 3 aliphatic rings. The summed E-state index contributed by atoms with van der Waals surface area (Å²) in [5, 5.41) is 28.8. The summed E-state index contributed by atoms with van der Waals surface area (Å²) in [7, 11) is -12.7. The summed E-state index contributed by atoms with van der Waals surface area (Å²) in [6.45, 7) is 84.3. The van der Waals surface area contributed by atoms with Crippen LogP contribution in [0.2, 0.25) is 109 Å². The number of ether oxygens (including phenoxy) is 6. The highest BCUT2D eigenvalue weighted by Gasteiger charge is 2.53. The highest BCUT2D eigenvalue weighted by Crippen LogP contribution is 2.50. The van der Waals surface area contributed by atoms with E-state index < -0.39 is 132 Å². The fraction of sp³-hybridized carbons (Fsp3) is 0.667. The monoisotopic (exact) mass is 2170 g/mol. The van der Waals surface area contributed by atoms with Crippen LogP contribution in [0, 0.1) is 39.0 Å². The second-order valence-corrected chi connectivity index (χ2v) is 79.2. The van der Waals surface area contributed by atoms with E-state index in [-0.39, 0.29) is 120 Å². The molecule has 11 rings (SSSR count). The Hall–Kier alpha value is -9.47. The number of hydrogen-bond donors (Lipinski definition) is 2. The summed E-state index contributed by atoms with van der Waals surface area (Å²) in [5.74, 6) is 3.19. The highest BCUT2D eigenvalue weighted by molar-refractivity contribution is 6.76. The van der Waals surface area contributed by atoms with Crippen molar-refractivity contribution in [3.05, 3.63) is 123 Å². The number of benzene rings is 2. The number of carbonyl (C=O) groups excluding carboxylic acids is 4. The maximum Gasteiger partial charge on any atom is 0.471 e. The Morgan fingerprint density at radius 1 is 0.453 bits per heavy atom. The van der Waals surface area contributed by atoms with E-state index in [1.807, 2.05) is 29.9 Å². The molecule has 3 fully saturated rings.